The maximum Gasteiger partial charge on any atom is 0.243 e. The van der Waals surface area contributed by atoms with Gasteiger partial charge < -0.3 is 4.74 Å². The summed E-state index contributed by atoms with van der Waals surface area (Å²) >= 11 is 1.73. The molecule has 2 aliphatic heterocycles. The van der Waals surface area contributed by atoms with E-state index in [1.165, 1.54) is 4.31 Å². The van der Waals surface area contributed by atoms with Gasteiger partial charge in [-0.1, -0.05) is 0 Å². The summed E-state index contributed by atoms with van der Waals surface area (Å²) in [7, 11) is -3.79. The zero-order chi connectivity index (χ0) is 15.1. The summed E-state index contributed by atoms with van der Waals surface area (Å²) in [6.07, 6.45) is 1.22. The quantitative estimate of drug-likeness (QED) is 0.831. The zero-order valence-electron chi connectivity index (χ0n) is 11.2. The summed E-state index contributed by atoms with van der Waals surface area (Å²) in [5.74, 6) is -1.28. The smallest absolute Gasteiger partial charge is 0.243 e. The van der Waals surface area contributed by atoms with Gasteiger partial charge in [0.05, 0.1) is 11.5 Å². The Morgan fingerprint density at radius 2 is 1.90 bits per heavy atom. The molecule has 0 N–H and O–H groups in total. The van der Waals surface area contributed by atoms with Crippen LogP contribution in [0.3, 0.4) is 0 Å². The van der Waals surface area contributed by atoms with Gasteiger partial charge >= 0.3 is 0 Å². The van der Waals surface area contributed by atoms with E-state index in [-0.39, 0.29) is 9.83 Å². The van der Waals surface area contributed by atoms with Crippen molar-refractivity contribution in [3.05, 3.63) is 29.8 Å². The molecule has 0 unspecified atom stereocenters. The molecule has 2 saturated heterocycles. The zero-order valence-corrected chi connectivity index (χ0v) is 12.9. The van der Waals surface area contributed by atoms with Crippen LogP contribution in [0.5, 0.6) is 0 Å². The molecule has 2 heterocycles. The molecule has 2 fully saturated rings. The Hall–Kier alpha value is -0.700. The number of halogens is 2. The van der Waals surface area contributed by atoms with E-state index in [2.05, 4.69) is 0 Å². The molecule has 0 aliphatic carbocycles. The third-order valence-electron chi connectivity index (χ3n) is 3.83. The van der Waals surface area contributed by atoms with Crippen molar-refractivity contribution in [2.24, 2.45) is 0 Å². The first-order valence-corrected chi connectivity index (χ1v) is 9.09. The highest BCUT2D eigenvalue weighted by molar-refractivity contribution is 8.00. The average molecular weight is 335 g/mol. The van der Waals surface area contributed by atoms with Gasteiger partial charge in [0.25, 0.3) is 0 Å². The van der Waals surface area contributed by atoms with Crippen LogP contribution < -0.4 is 0 Å². The minimum absolute atomic E-state index is 0.211. The maximum absolute atomic E-state index is 13.2. The second kappa shape index (κ2) is 5.49. The number of thioether (sulfide) groups is 1. The summed E-state index contributed by atoms with van der Waals surface area (Å²) in [6, 6.07) is 2.67. The van der Waals surface area contributed by atoms with Gasteiger partial charge in [0.2, 0.25) is 10.0 Å². The Bertz CT molecular complexity index is 635. The Balaban J connectivity index is 1.78. The monoisotopic (exact) mass is 335 g/mol. The maximum atomic E-state index is 13.2. The summed E-state index contributed by atoms with van der Waals surface area (Å²) in [6.45, 7) is 1.35. The molecule has 1 aromatic carbocycles. The van der Waals surface area contributed by atoms with E-state index in [1.807, 2.05) is 0 Å². The first kappa shape index (κ1) is 15.2. The number of nitrogens with zero attached hydrogens (tertiary/aromatic N) is 1. The minimum Gasteiger partial charge on any atom is -0.363 e. The molecule has 4 nitrogen and oxygen atoms in total. The van der Waals surface area contributed by atoms with Gasteiger partial charge in [-0.3, -0.25) is 0 Å². The molecule has 2 aliphatic rings. The standard InChI is InChI=1S/C13H15F2NO3S2/c14-11-2-1-10(9-12(11)15)21(17,18)16-5-3-13(4-6-16)19-7-8-20-13/h1-2,9H,3-8H2. The SMILES string of the molecule is O=S(=O)(c1ccc(F)c(F)c1)N1CCC2(CC1)OCCS2. The molecular formula is C13H15F2NO3S2. The molecule has 0 atom stereocenters. The van der Waals surface area contributed by atoms with Crippen molar-refractivity contribution < 1.29 is 21.9 Å². The molecular weight excluding hydrogens is 320 g/mol. The third kappa shape index (κ3) is 2.81. The first-order valence-electron chi connectivity index (χ1n) is 6.66. The predicted molar refractivity (Wildman–Crippen MR) is 75.5 cm³/mol. The van der Waals surface area contributed by atoms with Crippen LogP contribution in [0.15, 0.2) is 23.1 Å². The number of piperidine rings is 1. The lowest BCUT2D eigenvalue weighted by molar-refractivity contribution is 0.0162. The highest BCUT2D eigenvalue weighted by Gasteiger charge is 2.42. The normalized spacial score (nSPS) is 22.8. The summed E-state index contributed by atoms with van der Waals surface area (Å²) in [5.41, 5.74) is 0. The van der Waals surface area contributed by atoms with Gasteiger partial charge in [-0.15, -0.1) is 11.8 Å². The number of hydrogen-bond acceptors (Lipinski definition) is 4. The van der Waals surface area contributed by atoms with E-state index in [0.717, 1.165) is 24.0 Å². The van der Waals surface area contributed by atoms with Crippen molar-refractivity contribution in [2.75, 3.05) is 25.4 Å². The molecule has 0 saturated carbocycles. The fourth-order valence-corrected chi connectivity index (χ4v) is 5.27. The fourth-order valence-electron chi connectivity index (χ4n) is 2.64. The van der Waals surface area contributed by atoms with Gasteiger partial charge in [0, 0.05) is 18.8 Å². The third-order valence-corrected chi connectivity index (χ3v) is 7.14. The van der Waals surface area contributed by atoms with Crippen LogP contribution in [-0.2, 0) is 14.8 Å². The summed E-state index contributed by atoms with van der Waals surface area (Å²) < 4.78 is 58.1. The Morgan fingerprint density at radius 3 is 2.48 bits per heavy atom. The van der Waals surface area contributed by atoms with Crippen molar-refractivity contribution >= 4 is 21.8 Å². The minimum atomic E-state index is -3.79. The van der Waals surface area contributed by atoms with Crippen LogP contribution in [0.25, 0.3) is 0 Å². The van der Waals surface area contributed by atoms with Crippen LogP contribution in [-0.4, -0.2) is 43.1 Å². The molecule has 0 aromatic heterocycles. The van der Waals surface area contributed by atoms with Crippen molar-refractivity contribution in [1.82, 2.24) is 4.31 Å². The molecule has 3 rings (SSSR count). The number of ether oxygens (including phenoxy) is 1. The molecule has 0 radical (unpaired) electrons. The fraction of sp³-hybridized carbons (Fsp3) is 0.538. The highest BCUT2D eigenvalue weighted by Crippen LogP contribution is 2.42. The van der Waals surface area contributed by atoms with Crippen molar-refractivity contribution in [3.63, 3.8) is 0 Å². The Morgan fingerprint density at radius 1 is 1.19 bits per heavy atom. The van der Waals surface area contributed by atoms with E-state index >= 15 is 0 Å². The van der Waals surface area contributed by atoms with Crippen molar-refractivity contribution in [2.45, 2.75) is 22.7 Å². The van der Waals surface area contributed by atoms with Gasteiger partial charge in [0.15, 0.2) is 11.6 Å². The number of rotatable bonds is 2. The second-order valence-electron chi connectivity index (χ2n) is 5.09. The van der Waals surface area contributed by atoms with Crippen LogP contribution in [0.1, 0.15) is 12.8 Å². The number of benzene rings is 1. The molecule has 1 spiro atoms. The van der Waals surface area contributed by atoms with Crippen molar-refractivity contribution in [1.29, 1.82) is 0 Å². The summed E-state index contributed by atoms with van der Waals surface area (Å²) in [4.78, 5) is -0.475. The molecule has 116 valence electrons. The second-order valence-corrected chi connectivity index (χ2v) is 8.47. The lowest BCUT2D eigenvalue weighted by atomic mass is 10.1. The van der Waals surface area contributed by atoms with E-state index < -0.39 is 21.7 Å². The van der Waals surface area contributed by atoms with Gasteiger partial charge in [-0.05, 0) is 31.0 Å². The van der Waals surface area contributed by atoms with E-state index in [1.54, 1.807) is 11.8 Å². The molecule has 0 bridgehead atoms. The Kier molecular flexibility index (Phi) is 3.98. The molecule has 8 heteroatoms. The van der Waals surface area contributed by atoms with Crippen molar-refractivity contribution in [3.8, 4) is 0 Å². The lowest BCUT2D eigenvalue weighted by Gasteiger charge is -2.37. The number of sulfonamides is 1. The number of hydrogen-bond donors (Lipinski definition) is 0. The molecule has 21 heavy (non-hydrogen) atoms. The topological polar surface area (TPSA) is 46.6 Å². The van der Waals surface area contributed by atoms with E-state index in [9.17, 15) is 17.2 Å². The predicted octanol–water partition coefficient (Wildman–Crippen LogP) is 2.21. The van der Waals surface area contributed by atoms with Gasteiger partial charge in [-0.2, -0.15) is 4.31 Å². The highest BCUT2D eigenvalue weighted by atomic mass is 32.2. The van der Waals surface area contributed by atoms with Crippen LogP contribution in [0.4, 0.5) is 8.78 Å². The largest absolute Gasteiger partial charge is 0.363 e. The molecule has 0 amide bonds. The van der Waals surface area contributed by atoms with Crippen LogP contribution >= 0.6 is 11.8 Å². The van der Waals surface area contributed by atoms with Crippen LogP contribution in [0, 0.1) is 11.6 Å². The average Bonchev–Trinajstić information content (AvgIpc) is 2.90. The van der Waals surface area contributed by atoms with Gasteiger partial charge in [0.1, 0.15) is 4.93 Å². The van der Waals surface area contributed by atoms with E-state index in [0.29, 0.717) is 32.5 Å². The Labute approximate surface area is 126 Å². The molecule has 1 aromatic rings. The summed E-state index contributed by atoms with van der Waals surface area (Å²) in [5, 5.41) is 0. The first-order chi connectivity index (χ1) is 9.93. The lowest BCUT2D eigenvalue weighted by Crippen LogP contribution is -2.45. The van der Waals surface area contributed by atoms with Crippen LogP contribution in [0.2, 0.25) is 0 Å². The van der Waals surface area contributed by atoms with Gasteiger partial charge in [-0.25, -0.2) is 17.2 Å². The van der Waals surface area contributed by atoms with E-state index in [4.69, 9.17) is 4.74 Å².